The van der Waals surface area contributed by atoms with Crippen LogP contribution < -0.4 is 30.6 Å². The van der Waals surface area contributed by atoms with Crippen LogP contribution >= 0.6 is 12.4 Å². The first-order valence-electron chi connectivity index (χ1n) is 9.09. The van der Waals surface area contributed by atoms with Gasteiger partial charge in [-0.05, 0) is 38.1 Å². The van der Waals surface area contributed by atoms with Crippen molar-refractivity contribution in [2.75, 3.05) is 54.2 Å². The quantitative estimate of drug-likeness (QED) is 0.499. The number of hydrogen-bond acceptors (Lipinski definition) is 7. The molecule has 0 radical (unpaired) electrons. The molecule has 1 saturated heterocycles. The SMILES string of the molecule is COCC1(CNC(=O)c2cc(OC)c(OCC(N)=O)c(OC)c2)CCNCC1.Cl. The van der Waals surface area contributed by atoms with E-state index in [1.165, 1.54) is 14.2 Å². The van der Waals surface area contributed by atoms with Crippen molar-refractivity contribution < 1.29 is 28.5 Å². The van der Waals surface area contributed by atoms with Crippen LogP contribution in [0.5, 0.6) is 17.2 Å². The number of carbonyl (C=O) groups is 2. The largest absolute Gasteiger partial charge is 0.493 e. The fourth-order valence-electron chi connectivity index (χ4n) is 3.30. The Kier molecular flexibility index (Phi) is 10.0. The summed E-state index contributed by atoms with van der Waals surface area (Å²) in [5.74, 6) is -0.114. The number of benzene rings is 1. The van der Waals surface area contributed by atoms with Gasteiger partial charge < -0.3 is 35.3 Å². The third kappa shape index (κ3) is 6.66. The van der Waals surface area contributed by atoms with E-state index >= 15 is 0 Å². The lowest BCUT2D eigenvalue weighted by Crippen LogP contribution is -2.47. The van der Waals surface area contributed by atoms with Gasteiger partial charge in [-0.1, -0.05) is 0 Å². The molecule has 10 heteroatoms. The molecule has 9 nitrogen and oxygen atoms in total. The van der Waals surface area contributed by atoms with Gasteiger partial charge in [0.2, 0.25) is 5.75 Å². The Labute approximate surface area is 177 Å². The summed E-state index contributed by atoms with van der Waals surface area (Å²) >= 11 is 0. The van der Waals surface area contributed by atoms with Crippen molar-refractivity contribution in [2.24, 2.45) is 11.1 Å². The van der Waals surface area contributed by atoms with Gasteiger partial charge in [-0.15, -0.1) is 12.4 Å². The Morgan fingerprint density at radius 2 is 1.72 bits per heavy atom. The molecule has 1 aliphatic rings. The number of amides is 2. The number of rotatable bonds is 10. The Bertz CT molecular complexity index is 664. The number of nitrogens with one attached hydrogen (secondary N) is 2. The van der Waals surface area contributed by atoms with E-state index in [0.717, 1.165) is 25.9 Å². The van der Waals surface area contributed by atoms with Crippen LogP contribution in [0.25, 0.3) is 0 Å². The van der Waals surface area contributed by atoms with Crippen LogP contribution in [0.2, 0.25) is 0 Å². The van der Waals surface area contributed by atoms with Gasteiger partial charge in [0.1, 0.15) is 0 Å². The van der Waals surface area contributed by atoms with Crippen molar-refractivity contribution in [2.45, 2.75) is 12.8 Å². The molecule has 0 aromatic heterocycles. The zero-order chi connectivity index (χ0) is 20.6. The van der Waals surface area contributed by atoms with Gasteiger partial charge in [0.25, 0.3) is 11.8 Å². The molecule has 0 aliphatic carbocycles. The number of halogens is 1. The second-order valence-electron chi connectivity index (χ2n) is 6.83. The first kappa shape index (κ1) is 24.8. The van der Waals surface area contributed by atoms with E-state index in [1.807, 2.05) is 0 Å². The Morgan fingerprint density at radius 3 is 2.21 bits per heavy atom. The Balaban J connectivity index is 0.00000420. The molecular formula is C19H30ClN3O6. The first-order chi connectivity index (χ1) is 13.4. The van der Waals surface area contributed by atoms with Gasteiger partial charge in [-0.2, -0.15) is 0 Å². The van der Waals surface area contributed by atoms with Crippen LogP contribution in [-0.2, 0) is 9.53 Å². The lowest BCUT2D eigenvalue weighted by Gasteiger charge is -2.37. The summed E-state index contributed by atoms with van der Waals surface area (Å²) < 4.78 is 21.4. The highest BCUT2D eigenvalue weighted by Crippen LogP contribution is 2.38. The molecule has 4 N–H and O–H groups in total. The van der Waals surface area contributed by atoms with Gasteiger partial charge in [0.15, 0.2) is 18.1 Å². The number of methoxy groups -OCH3 is 3. The summed E-state index contributed by atoms with van der Waals surface area (Å²) in [4.78, 5) is 23.8. The van der Waals surface area contributed by atoms with Crippen molar-refractivity contribution in [3.8, 4) is 17.2 Å². The average Bonchev–Trinajstić information content (AvgIpc) is 2.70. The number of hydrogen-bond donors (Lipinski definition) is 3. The van der Waals surface area contributed by atoms with E-state index < -0.39 is 5.91 Å². The number of ether oxygens (including phenoxy) is 4. The highest BCUT2D eigenvalue weighted by molar-refractivity contribution is 5.95. The molecule has 0 spiro atoms. The molecule has 164 valence electrons. The zero-order valence-electron chi connectivity index (χ0n) is 17.0. The predicted octanol–water partition coefficient (Wildman–Crippen LogP) is 0.736. The summed E-state index contributed by atoms with van der Waals surface area (Å²) in [5.41, 5.74) is 5.40. The lowest BCUT2D eigenvalue weighted by molar-refractivity contribution is -0.120. The van der Waals surface area contributed by atoms with Crippen molar-refractivity contribution in [1.29, 1.82) is 0 Å². The van der Waals surface area contributed by atoms with E-state index in [9.17, 15) is 9.59 Å². The van der Waals surface area contributed by atoms with Crippen molar-refractivity contribution in [3.63, 3.8) is 0 Å². The van der Waals surface area contributed by atoms with Crippen LogP contribution in [-0.4, -0.2) is 66.0 Å². The maximum Gasteiger partial charge on any atom is 0.255 e. The molecule has 1 heterocycles. The summed E-state index contributed by atoms with van der Waals surface area (Å²) in [6.45, 7) is 2.55. The molecule has 1 aliphatic heterocycles. The second kappa shape index (κ2) is 11.7. The van der Waals surface area contributed by atoms with Crippen molar-refractivity contribution in [3.05, 3.63) is 17.7 Å². The van der Waals surface area contributed by atoms with E-state index in [0.29, 0.717) is 18.7 Å². The third-order valence-electron chi connectivity index (χ3n) is 4.82. The molecule has 2 amide bonds. The summed E-state index contributed by atoms with van der Waals surface area (Å²) in [7, 11) is 4.55. The van der Waals surface area contributed by atoms with Crippen LogP contribution in [0.3, 0.4) is 0 Å². The highest BCUT2D eigenvalue weighted by Gasteiger charge is 2.32. The monoisotopic (exact) mass is 431 g/mol. The summed E-state index contributed by atoms with van der Waals surface area (Å²) in [6, 6.07) is 3.08. The molecule has 1 fully saturated rings. The van der Waals surface area contributed by atoms with Crippen LogP contribution in [0.1, 0.15) is 23.2 Å². The smallest absolute Gasteiger partial charge is 0.255 e. The maximum absolute atomic E-state index is 12.8. The molecule has 0 unspecified atom stereocenters. The average molecular weight is 432 g/mol. The number of nitrogens with two attached hydrogens (primary N) is 1. The molecule has 0 atom stereocenters. The van der Waals surface area contributed by atoms with Crippen molar-refractivity contribution in [1.82, 2.24) is 10.6 Å². The minimum absolute atomic E-state index is 0. The fraction of sp³-hybridized carbons (Fsp3) is 0.579. The molecule has 0 bridgehead atoms. The van der Waals surface area contributed by atoms with Gasteiger partial charge in [-0.25, -0.2) is 0 Å². The maximum atomic E-state index is 12.8. The summed E-state index contributed by atoms with van der Waals surface area (Å²) in [6.07, 6.45) is 1.85. The Hall–Kier alpha value is -2.23. The van der Waals surface area contributed by atoms with Gasteiger partial charge in [0, 0.05) is 24.6 Å². The third-order valence-corrected chi connectivity index (χ3v) is 4.82. The lowest BCUT2D eigenvalue weighted by atomic mass is 9.79. The second-order valence-corrected chi connectivity index (χ2v) is 6.83. The minimum Gasteiger partial charge on any atom is -0.493 e. The number of piperidine rings is 1. The molecular weight excluding hydrogens is 402 g/mol. The Morgan fingerprint density at radius 1 is 1.14 bits per heavy atom. The predicted molar refractivity (Wildman–Crippen MR) is 110 cm³/mol. The fourth-order valence-corrected chi connectivity index (χ4v) is 3.30. The van der Waals surface area contributed by atoms with Crippen LogP contribution in [0.4, 0.5) is 0 Å². The number of primary amides is 1. The highest BCUT2D eigenvalue weighted by atomic mass is 35.5. The van der Waals surface area contributed by atoms with E-state index in [1.54, 1.807) is 19.2 Å². The first-order valence-corrected chi connectivity index (χ1v) is 9.09. The number of carbonyl (C=O) groups excluding carboxylic acids is 2. The molecule has 0 saturated carbocycles. The van der Waals surface area contributed by atoms with Crippen molar-refractivity contribution >= 4 is 24.2 Å². The van der Waals surface area contributed by atoms with Gasteiger partial charge >= 0.3 is 0 Å². The van der Waals surface area contributed by atoms with Crippen LogP contribution in [0.15, 0.2) is 12.1 Å². The van der Waals surface area contributed by atoms with Crippen LogP contribution in [0, 0.1) is 5.41 Å². The molecule has 1 aromatic rings. The normalized spacial score (nSPS) is 15.0. The molecule has 29 heavy (non-hydrogen) atoms. The van der Waals surface area contributed by atoms with Gasteiger partial charge in [-0.3, -0.25) is 9.59 Å². The van der Waals surface area contributed by atoms with E-state index in [4.69, 9.17) is 24.7 Å². The van der Waals surface area contributed by atoms with E-state index in [2.05, 4.69) is 10.6 Å². The summed E-state index contributed by atoms with van der Waals surface area (Å²) in [5, 5.41) is 6.32. The topological polar surface area (TPSA) is 121 Å². The molecule has 2 rings (SSSR count). The zero-order valence-corrected chi connectivity index (χ0v) is 17.9. The standard InChI is InChI=1S/C19H29N3O6.ClH/c1-25-12-19(4-6-21-7-5-19)11-22-18(24)13-8-14(26-2)17(15(9-13)27-3)28-10-16(20)23;/h8-9,21H,4-7,10-12H2,1-3H3,(H2,20,23)(H,22,24);1H. The van der Waals surface area contributed by atoms with E-state index in [-0.39, 0.29) is 47.6 Å². The minimum atomic E-state index is -0.628. The van der Waals surface area contributed by atoms with Gasteiger partial charge in [0.05, 0.1) is 20.8 Å². The molecule has 1 aromatic carbocycles.